The SMILES string of the molecule is C/C(=N/NC(=S)NC1CCCCC1)c1cccc(-n2cnnn2)c1. The first kappa shape index (κ1) is 16.5. The van der Waals surface area contributed by atoms with E-state index in [0.29, 0.717) is 11.2 Å². The van der Waals surface area contributed by atoms with Crippen LogP contribution in [0.25, 0.3) is 5.69 Å². The zero-order chi connectivity index (χ0) is 16.8. The summed E-state index contributed by atoms with van der Waals surface area (Å²) < 4.78 is 1.61. The van der Waals surface area contributed by atoms with Gasteiger partial charge in [0.25, 0.3) is 0 Å². The maximum atomic E-state index is 5.33. The van der Waals surface area contributed by atoms with Crippen LogP contribution < -0.4 is 10.7 Å². The average molecular weight is 343 g/mol. The van der Waals surface area contributed by atoms with E-state index >= 15 is 0 Å². The van der Waals surface area contributed by atoms with Gasteiger partial charge in [0.2, 0.25) is 0 Å². The molecule has 0 amide bonds. The highest BCUT2D eigenvalue weighted by Gasteiger charge is 2.13. The molecule has 0 radical (unpaired) electrons. The van der Waals surface area contributed by atoms with Gasteiger partial charge < -0.3 is 5.32 Å². The number of aromatic nitrogens is 4. The summed E-state index contributed by atoms with van der Waals surface area (Å²) in [6.45, 7) is 1.94. The van der Waals surface area contributed by atoms with Gasteiger partial charge in [0.05, 0.1) is 11.4 Å². The molecular formula is C16H21N7S. The van der Waals surface area contributed by atoms with Crippen molar-refractivity contribution in [1.29, 1.82) is 0 Å². The first-order valence-corrected chi connectivity index (χ1v) is 8.58. The third kappa shape index (κ3) is 4.35. The summed E-state index contributed by atoms with van der Waals surface area (Å²) in [6.07, 6.45) is 7.79. The molecule has 1 fully saturated rings. The monoisotopic (exact) mass is 343 g/mol. The number of hydrazone groups is 1. The Morgan fingerprint density at radius 3 is 2.88 bits per heavy atom. The van der Waals surface area contributed by atoms with Crippen LogP contribution in [0.5, 0.6) is 0 Å². The summed E-state index contributed by atoms with van der Waals surface area (Å²) in [6, 6.07) is 8.33. The van der Waals surface area contributed by atoms with Crippen molar-refractivity contribution in [3.8, 4) is 5.69 Å². The molecule has 0 spiro atoms. The van der Waals surface area contributed by atoms with Crippen LogP contribution in [0.2, 0.25) is 0 Å². The smallest absolute Gasteiger partial charge is 0.187 e. The van der Waals surface area contributed by atoms with Gasteiger partial charge in [0, 0.05) is 6.04 Å². The summed E-state index contributed by atoms with van der Waals surface area (Å²) in [5, 5.41) is 19.5. The van der Waals surface area contributed by atoms with Crippen molar-refractivity contribution in [1.82, 2.24) is 30.9 Å². The highest BCUT2D eigenvalue weighted by Crippen LogP contribution is 2.17. The number of nitrogens with one attached hydrogen (secondary N) is 2. The Morgan fingerprint density at radius 2 is 2.12 bits per heavy atom. The molecule has 1 aromatic carbocycles. The number of benzene rings is 1. The molecule has 1 aliphatic rings. The maximum Gasteiger partial charge on any atom is 0.187 e. The largest absolute Gasteiger partial charge is 0.359 e. The van der Waals surface area contributed by atoms with Gasteiger partial charge in [0.15, 0.2) is 5.11 Å². The lowest BCUT2D eigenvalue weighted by Gasteiger charge is -2.23. The van der Waals surface area contributed by atoms with E-state index < -0.39 is 0 Å². The standard InChI is InChI=1S/C16H21N7S/c1-12(19-20-16(24)18-14-7-3-2-4-8-14)13-6-5-9-15(10-13)23-11-17-21-22-23/h5-6,9-11,14H,2-4,7-8H2,1H3,(H2,18,20,24)/b19-12-. The molecule has 24 heavy (non-hydrogen) atoms. The van der Waals surface area contributed by atoms with Gasteiger partial charge in [0.1, 0.15) is 6.33 Å². The van der Waals surface area contributed by atoms with Crippen molar-refractivity contribution in [2.24, 2.45) is 5.10 Å². The molecule has 0 aliphatic heterocycles. The zero-order valence-corrected chi connectivity index (χ0v) is 14.5. The second-order valence-corrected chi connectivity index (χ2v) is 6.33. The summed E-state index contributed by atoms with van der Waals surface area (Å²) >= 11 is 5.33. The minimum Gasteiger partial charge on any atom is -0.359 e. The van der Waals surface area contributed by atoms with E-state index in [9.17, 15) is 0 Å². The Bertz CT molecular complexity index is 705. The lowest BCUT2D eigenvalue weighted by atomic mass is 9.96. The van der Waals surface area contributed by atoms with Crippen molar-refractivity contribution < 1.29 is 0 Å². The number of hydrogen-bond acceptors (Lipinski definition) is 5. The Labute approximate surface area is 146 Å². The zero-order valence-electron chi connectivity index (χ0n) is 13.6. The molecule has 8 heteroatoms. The predicted molar refractivity (Wildman–Crippen MR) is 97.1 cm³/mol. The van der Waals surface area contributed by atoms with Crippen LogP contribution in [-0.2, 0) is 0 Å². The second-order valence-electron chi connectivity index (χ2n) is 5.92. The topological polar surface area (TPSA) is 80.0 Å². The van der Waals surface area contributed by atoms with Gasteiger partial charge in [-0.15, -0.1) is 5.10 Å². The molecule has 1 heterocycles. The lowest BCUT2D eigenvalue weighted by molar-refractivity contribution is 0.412. The molecule has 1 saturated carbocycles. The van der Waals surface area contributed by atoms with Crippen molar-refractivity contribution in [3.05, 3.63) is 36.2 Å². The number of thiocarbonyl (C=S) groups is 1. The summed E-state index contributed by atoms with van der Waals surface area (Å²) in [4.78, 5) is 0. The Kier molecular flexibility index (Phi) is 5.47. The molecule has 0 bridgehead atoms. The van der Waals surface area contributed by atoms with Gasteiger partial charge in [-0.2, -0.15) is 5.10 Å². The number of nitrogens with zero attached hydrogens (tertiary/aromatic N) is 5. The van der Waals surface area contributed by atoms with Crippen molar-refractivity contribution in [2.75, 3.05) is 0 Å². The minimum absolute atomic E-state index is 0.470. The van der Waals surface area contributed by atoms with Crippen LogP contribution >= 0.6 is 12.2 Å². The molecule has 0 unspecified atom stereocenters. The van der Waals surface area contributed by atoms with E-state index in [0.717, 1.165) is 17.0 Å². The van der Waals surface area contributed by atoms with E-state index in [-0.39, 0.29) is 0 Å². The number of hydrogen-bond donors (Lipinski definition) is 2. The Hall–Kier alpha value is -2.35. The van der Waals surface area contributed by atoms with E-state index in [2.05, 4.69) is 31.4 Å². The predicted octanol–water partition coefficient (Wildman–Crippen LogP) is 2.18. The fourth-order valence-corrected chi connectivity index (χ4v) is 3.03. The van der Waals surface area contributed by atoms with Gasteiger partial charge in [-0.1, -0.05) is 31.4 Å². The summed E-state index contributed by atoms with van der Waals surface area (Å²) in [5.74, 6) is 0. The van der Waals surface area contributed by atoms with Crippen LogP contribution in [0, 0.1) is 0 Å². The van der Waals surface area contributed by atoms with Gasteiger partial charge in [-0.05, 0) is 60.1 Å². The van der Waals surface area contributed by atoms with Crippen LogP contribution in [0.4, 0.5) is 0 Å². The number of rotatable bonds is 4. The number of tetrazole rings is 1. The molecule has 7 nitrogen and oxygen atoms in total. The first-order chi connectivity index (χ1) is 11.7. The Morgan fingerprint density at radius 1 is 1.29 bits per heavy atom. The molecule has 126 valence electrons. The van der Waals surface area contributed by atoms with Crippen LogP contribution in [0.15, 0.2) is 35.7 Å². The molecular weight excluding hydrogens is 322 g/mol. The molecule has 1 aromatic heterocycles. The average Bonchev–Trinajstić information content (AvgIpc) is 3.15. The third-order valence-electron chi connectivity index (χ3n) is 4.14. The van der Waals surface area contributed by atoms with E-state index in [4.69, 9.17) is 12.2 Å². The molecule has 0 atom stereocenters. The van der Waals surface area contributed by atoms with Gasteiger partial charge in [-0.3, -0.25) is 5.43 Å². The van der Waals surface area contributed by atoms with Crippen LogP contribution in [-0.4, -0.2) is 37.1 Å². The molecule has 3 rings (SSSR count). The molecule has 0 saturated heterocycles. The van der Waals surface area contributed by atoms with E-state index in [1.807, 2.05) is 31.2 Å². The molecule has 2 N–H and O–H groups in total. The maximum absolute atomic E-state index is 5.33. The summed E-state index contributed by atoms with van der Waals surface area (Å²) in [5.41, 5.74) is 5.66. The van der Waals surface area contributed by atoms with Crippen molar-refractivity contribution in [3.63, 3.8) is 0 Å². The molecule has 1 aliphatic carbocycles. The highest BCUT2D eigenvalue weighted by atomic mass is 32.1. The quantitative estimate of drug-likeness (QED) is 0.503. The fourth-order valence-electron chi connectivity index (χ4n) is 2.82. The Balaban J connectivity index is 1.61. The first-order valence-electron chi connectivity index (χ1n) is 8.17. The van der Waals surface area contributed by atoms with Crippen LogP contribution in [0.1, 0.15) is 44.6 Å². The van der Waals surface area contributed by atoms with Crippen molar-refractivity contribution >= 4 is 23.0 Å². The van der Waals surface area contributed by atoms with Crippen LogP contribution in [0.3, 0.4) is 0 Å². The van der Waals surface area contributed by atoms with Gasteiger partial charge in [-0.25, -0.2) is 4.68 Å². The van der Waals surface area contributed by atoms with E-state index in [1.165, 1.54) is 32.1 Å². The molecule has 2 aromatic rings. The summed E-state index contributed by atoms with van der Waals surface area (Å²) in [7, 11) is 0. The van der Waals surface area contributed by atoms with Gasteiger partial charge >= 0.3 is 0 Å². The minimum atomic E-state index is 0.470. The normalized spacial score (nSPS) is 16.0. The fraction of sp³-hybridized carbons (Fsp3) is 0.438. The third-order valence-corrected chi connectivity index (χ3v) is 4.35. The second kappa shape index (κ2) is 7.96. The lowest BCUT2D eigenvalue weighted by Crippen LogP contribution is -2.41. The van der Waals surface area contributed by atoms with Crippen molar-refractivity contribution in [2.45, 2.75) is 45.1 Å². The van der Waals surface area contributed by atoms with E-state index in [1.54, 1.807) is 11.0 Å². The highest BCUT2D eigenvalue weighted by molar-refractivity contribution is 7.80.